The molecule has 2 aliphatic rings. The molecule has 2 aliphatic carbocycles. The van der Waals surface area contributed by atoms with Crippen LogP contribution in [0.15, 0.2) is 36.4 Å². The fourth-order valence-electron chi connectivity index (χ4n) is 3.33. The van der Waals surface area contributed by atoms with Gasteiger partial charge in [-0.2, -0.15) is 0 Å². The first-order valence-corrected chi connectivity index (χ1v) is 9.37. The summed E-state index contributed by atoms with van der Waals surface area (Å²) in [6, 6.07) is 12.2. The topological polar surface area (TPSA) is 26.3 Å². The number of carbonyl (C=O) groups is 1. The predicted molar refractivity (Wildman–Crippen MR) is 101 cm³/mol. The highest BCUT2D eigenvalue weighted by Crippen LogP contribution is 2.33. The molecule has 0 aromatic heterocycles. The van der Waals surface area contributed by atoms with Crippen LogP contribution in [0, 0.1) is 0 Å². The number of ether oxygens (including phenoxy) is 1. The summed E-state index contributed by atoms with van der Waals surface area (Å²) in [5.41, 5.74) is 4.15. The molecule has 2 nitrogen and oxygen atoms in total. The van der Waals surface area contributed by atoms with Crippen LogP contribution in [0.3, 0.4) is 0 Å². The second-order valence-electron chi connectivity index (χ2n) is 6.54. The molecule has 0 saturated carbocycles. The maximum atomic E-state index is 12.0. The van der Waals surface area contributed by atoms with Gasteiger partial charge in [0.1, 0.15) is 0 Å². The van der Waals surface area contributed by atoms with Crippen molar-refractivity contribution in [3.63, 3.8) is 0 Å². The molecular formula is C22H30O2. The van der Waals surface area contributed by atoms with Crippen molar-refractivity contribution in [1.82, 2.24) is 0 Å². The number of methoxy groups -OCH3 is 1. The fourth-order valence-corrected chi connectivity index (χ4v) is 3.33. The van der Waals surface area contributed by atoms with Crippen molar-refractivity contribution in [2.75, 3.05) is 7.11 Å². The molecule has 2 heteroatoms. The number of carbonyl (C=O) groups excluding carboxylic acids is 1. The van der Waals surface area contributed by atoms with E-state index in [-0.39, 0.29) is 5.97 Å². The smallest absolute Gasteiger partial charge is 0.338 e. The summed E-state index contributed by atoms with van der Waals surface area (Å²) >= 11 is 0. The van der Waals surface area contributed by atoms with Crippen LogP contribution in [0.25, 0.3) is 11.1 Å². The monoisotopic (exact) mass is 326 g/mol. The Labute approximate surface area is 146 Å². The van der Waals surface area contributed by atoms with E-state index in [1.54, 1.807) is 0 Å². The lowest BCUT2D eigenvalue weighted by Crippen LogP contribution is -1.99. The normalized spacial score (nSPS) is 10.9. The van der Waals surface area contributed by atoms with Crippen LogP contribution in [0.5, 0.6) is 0 Å². The summed E-state index contributed by atoms with van der Waals surface area (Å²) in [6.07, 6.45) is 11.6. The molecule has 130 valence electrons. The Morgan fingerprint density at radius 3 is 2.17 bits per heavy atom. The largest absolute Gasteiger partial charge is 0.465 e. The first-order chi connectivity index (χ1) is 11.8. The van der Waals surface area contributed by atoms with E-state index < -0.39 is 0 Å². The minimum absolute atomic E-state index is 0.242. The maximum Gasteiger partial charge on any atom is 0.338 e. The van der Waals surface area contributed by atoms with Crippen LogP contribution in [0.1, 0.15) is 74.2 Å². The molecule has 0 aliphatic heterocycles. The van der Waals surface area contributed by atoms with Crippen LogP contribution in [-0.2, 0) is 11.2 Å². The minimum Gasteiger partial charge on any atom is -0.465 e. The number of unbranched alkanes of at least 4 members (excludes halogenated alkanes) is 7. The zero-order valence-corrected chi connectivity index (χ0v) is 15.1. The second-order valence-corrected chi connectivity index (χ2v) is 6.54. The average Bonchev–Trinajstić information content (AvgIpc) is 2.78. The Hall–Kier alpha value is -1.83. The molecule has 0 aromatic rings. The third-order valence-electron chi connectivity index (χ3n) is 4.70. The number of hydrogen-bond acceptors (Lipinski definition) is 2. The first kappa shape index (κ1) is 18.5. The Morgan fingerprint density at radius 2 is 1.50 bits per heavy atom. The van der Waals surface area contributed by atoms with Gasteiger partial charge in [-0.25, -0.2) is 4.79 Å². The van der Waals surface area contributed by atoms with Gasteiger partial charge >= 0.3 is 5.97 Å². The Kier molecular flexibility index (Phi) is 7.81. The number of hydrogen-bond donors (Lipinski definition) is 0. The molecule has 0 atom stereocenters. The Bertz CT molecular complexity index is 603. The molecule has 0 saturated heterocycles. The first-order valence-electron chi connectivity index (χ1n) is 9.37. The fraction of sp³-hybridized carbons (Fsp3) is 0.500. The molecule has 0 radical (unpaired) electrons. The molecule has 0 heterocycles. The lowest BCUT2D eigenvalue weighted by atomic mass is 10.0. The van der Waals surface area contributed by atoms with Crippen molar-refractivity contribution in [2.45, 2.75) is 64.7 Å². The van der Waals surface area contributed by atoms with Gasteiger partial charge in [0.25, 0.3) is 0 Å². The SMILES string of the molecule is CCCCCCCCCCc1cc(C(=O)OC)c2cccccc1-2. The molecular weight excluding hydrogens is 296 g/mol. The predicted octanol–water partition coefficient (Wildman–Crippen LogP) is 6.26. The Balaban J connectivity index is 1.91. The molecule has 24 heavy (non-hydrogen) atoms. The van der Waals surface area contributed by atoms with Crippen LogP contribution in [-0.4, -0.2) is 13.1 Å². The van der Waals surface area contributed by atoms with E-state index in [1.807, 2.05) is 30.3 Å². The Morgan fingerprint density at radius 1 is 0.875 bits per heavy atom. The molecule has 0 N–H and O–H groups in total. The minimum atomic E-state index is -0.242. The molecule has 0 bridgehead atoms. The van der Waals surface area contributed by atoms with E-state index in [1.165, 1.54) is 69.6 Å². The van der Waals surface area contributed by atoms with Gasteiger partial charge in [-0.15, -0.1) is 0 Å². The quantitative estimate of drug-likeness (QED) is 0.380. The van der Waals surface area contributed by atoms with Crippen LogP contribution in [0.2, 0.25) is 0 Å². The van der Waals surface area contributed by atoms with Crippen molar-refractivity contribution in [3.8, 4) is 11.1 Å². The number of aryl methyl sites for hydroxylation is 1. The average molecular weight is 326 g/mol. The molecule has 0 spiro atoms. The van der Waals surface area contributed by atoms with Gasteiger partial charge in [-0.1, -0.05) is 82.2 Å². The zero-order valence-electron chi connectivity index (χ0n) is 15.1. The van der Waals surface area contributed by atoms with E-state index in [9.17, 15) is 4.79 Å². The maximum absolute atomic E-state index is 12.0. The highest BCUT2D eigenvalue weighted by molar-refractivity contribution is 6.00. The van der Waals surface area contributed by atoms with Gasteiger partial charge in [-0.3, -0.25) is 0 Å². The molecule has 0 aromatic carbocycles. The summed E-state index contributed by atoms with van der Waals surface area (Å²) in [5.74, 6) is -0.242. The van der Waals surface area contributed by atoms with Crippen LogP contribution >= 0.6 is 0 Å². The van der Waals surface area contributed by atoms with Gasteiger partial charge in [0.2, 0.25) is 0 Å². The van der Waals surface area contributed by atoms with E-state index in [4.69, 9.17) is 4.74 Å². The molecule has 0 fully saturated rings. The summed E-state index contributed by atoms with van der Waals surface area (Å²) < 4.78 is 4.94. The standard InChI is InChI=1S/C22H30O2/c1-3-4-5-6-7-8-9-11-14-18-17-21(22(23)24-2)20-16-13-10-12-15-19(18)20/h10,12-13,15-17H,3-9,11,14H2,1-2H3. The van der Waals surface area contributed by atoms with Crippen molar-refractivity contribution in [3.05, 3.63) is 47.5 Å². The number of esters is 1. The van der Waals surface area contributed by atoms with Crippen molar-refractivity contribution < 1.29 is 9.53 Å². The van der Waals surface area contributed by atoms with E-state index >= 15 is 0 Å². The van der Waals surface area contributed by atoms with Crippen molar-refractivity contribution in [1.29, 1.82) is 0 Å². The molecule has 0 amide bonds. The van der Waals surface area contributed by atoms with E-state index in [0.717, 1.165) is 12.0 Å². The lowest BCUT2D eigenvalue weighted by molar-refractivity contribution is 0.0602. The highest BCUT2D eigenvalue weighted by Gasteiger charge is 2.19. The highest BCUT2D eigenvalue weighted by atomic mass is 16.5. The van der Waals surface area contributed by atoms with E-state index in [2.05, 4.69) is 13.0 Å². The second kappa shape index (κ2) is 10.1. The van der Waals surface area contributed by atoms with Crippen LogP contribution < -0.4 is 0 Å². The molecule has 2 rings (SSSR count). The van der Waals surface area contributed by atoms with Gasteiger partial charge in [0.15, 0.2) is 0 Å². The van der Waals surface area contributed by atoms with E-state index in [0.29, 0.717) is 5.56 Å². The summed E-state index contributed by atoms with van der Waals surface area (Å²) in [4.78, 5) is 12.0. The van der Waals surface area contributed by atoms with Gasteiger partial charge < -0.3 is 4.74 Å². The van der Waals surface area contributed by atoms with Gasteiger partial charge in [0, 0.05) is 0 Å². The number of rotatable bonds is 10. The van der Waals surface area contributed by atoms with Gasteiger partial charge in [-0.05, 0) is 35.6 Å². The third-order valence-corrected chi connectivity index (χ3v) is 4.70. The summed E-state index contributed by atoms with van der Waals surface area (Å²) in [7, 11) is 1.45. The molecule has 0 unspecified atom stereocenters. The van der Waals surface area contributed by atoms with Gasteiger partial charge in [0.05, 0.1) is 12.7 Å². The zero-order chi connectivity index (χ0) is 17.2. The summed E-state index contributed by atoms with van der Waals surface area (Å²) in [6.45, 7) is 2.26. The summed E-state index contributed by atoms with van der Waals surface area (Å²) in [5, 5.41) is 0. The van der Waals surface area contributed by atoms with Crippen molar-refractivity contribution >= 4 is 5.97 Å². The lowest BCUT2D eigenvalue weighted by Gasteiger charge is -2.03. The number of fused-ring (bicyclic) bond motifs is 1. The van der Waals surface area contributed by atoms with Crippen LogP contribution in [0.4, 0.5) is 0 Å². The third kappa shape index (κ3) is 5.09. The van der Waals surface area contributed by atoms with Crippen molar-refractivity contribution in [2.24, 2.45) is 0 Å².